The van der Waals surface area contributed by atoms with E-state index in [2.05, 4.69) is 0 Å². The van der Waals surface area contributed by atoms with Crippen LogP contribution in [0, 0.1) is 0 Å². The molecule has 0 atom stereocenters. The van der Waals surface area contributed by atoms with Crippen LogP contribution in [0.1, 0.15) is 12.5 Å². The Kier molecular flexibility index (Phi) is 3.58. The maximum absolute atomic E-state index is 9.51. The average Bonchev–Trinajstić information content (AvgIpc) is 2.11. The molecule has 0 heterocycles. The molecule has 0 saturated carbocycles. The van der Waals surface area contributed by atoms with Crippen LogP contribution < -0.4 is 10.5 Å². The van der Waals surface area contributed by atoms with Crippen LogP contribution in [0.25, 0.3) is 0 Å². The van der Waals surface area contributed by atoms with Crippen molar-refractivity contribution in [1.29, 1.82) is 0 Å². The number of hydrogen-bond donors (Lipinski definition) is 2. The maximum atomic E-state index is 9.51. The highest BCUT2D eigenvalue weighted by molar-refractivity contribution is 5.44. The van der Waals surface area contributed by atoms with Gasteiger partial charge < -0.3 is 15.6 Å². The van der Waals surface area contributed by atoms with Crippen LogP contribution in [0.15, 0.2) is 18.2 Å². The lowest BCUT2D eigenvalue weighted by Gasteiger charge is -2.10. The summed E-state index contributed by atoms with van der Waals surface area (Å²) >= 11 is 0. The molecule has 0 unspecified atom stereocenters. The first-order valence-electron chi connectivity index (χ1n) is 4.43. The van der Waals surface area contributed by atoms with Crippen LogP contribution >= 0.6 is 0 Å². The first kappa shape index (κ1) is 9.86. The highest BCUT2D eigenvalue weighted by atomic mass is 16.5. The molecule has 0 aliphatic heterocycles. The number of benzene rings is 1. The van der Waals surface area contributed by atoms with Crippen LogP contribution in [0.3, 0.4) is 0 Å². The smallest absolute Gasteiger partial charge is 0.126 e. The Hall–Kier alpha value is -1.22. The molecule has 0 radical (unpaired) electrons. The fourth-order valence-corrected chi connectivity index (χ4v) is 1.24. The van der Waals surface area contributed by atoms with Crippen molar-refractivity contribution >= 4 is 0 Å². The van der Waals surface area contributed by atoms with Gasteiger partial charge in [0.2, 0.25) is 0 Å². The summed E-state index contributed by atoms with van der Waals surface area (Å²) in [4.78, 5) is 0. The quantitative estimate of drug-likeness (QED) is 0.736. The van der Waals surface area contributed by atoms with Crippen molar-refractivity contribution < 1.29 is 9.84 Å². The molecule has 1 rings (SSSR count). The van der Waals surface area contributed by atoms with Crippen molar-refractivity contribution in [2.24, 2.45) is 5.73 Å². The van der Waals surface area contributed by atoms with Gasteiger partial charge in [-0.05, 0) is 32.0 Å². The second-order valence-corrected chi connectivity index (χ2v) is 2.73. The number of aromatic hydroxyl groups is 1. The van der Waals surface area contributed by atoms with Gasteiger partial charge in [-0.15, -0.1) is 0 Å². The van der Waals surface area contributed by atoms with Crippen molar-refractivity contribution in [3.63, 3.8) is 0 Å². The Morgan fingerprint density at radius 2 is 2.23 bits per heavy atom. The van der Waals surface area contributed by atoms with E-state index in [1.54, 1.807) is 12.1 Å². The van der Waals surface area contributed by atoms with Gasteiger partial charge in [-0.25, -0.2) is 0 Å². The SMILES string of the molecule is CCOc1cccc(O)c1CCN. The minimum absolute atomic E-state index is 0.261. The number of hydrogen-bond acceptors (Lipinski definition) is 3. The fourth-order valence-electron chi connectivity index (χ4n) is 1.24. The third-order valence-corrected chi connectivity index (χ3v) is 1.80. The minimum Gasteiger partial charge on any atom is -0.508 e. The monoisotopic (exact) mass is 181 g/mol. The van der Waals surface area contributed by atoms with Gasteiger partial charge in [-0.1, -0.05) is 6.07 Å². The van der Waals surface area contributed by atoms with E-state index in [4.69, 9.17) is 10.5 Å². The van der Waals surface area contributed by atoms with E-state index < -0.39 is 0 Å². The van der Waals surface area contributed by atoms with Crippen molar-refractivity contribution in [1.82, 2.24) is 0 Å². The van der Waals surface area contributed by atoms with Crippen molar-refractivity contribution in [3.8, 4) is 11.5 Å². The summed E-state index contributed by atoms with van der Waals surface area (Å²) in [6.07, 6.45) is 0.641. The second-order valence-electron chi connectivity index (χ2n) is 2.73. The Balaban J connectivity index is 2.95. The number of phenols is 1. The van der Waals surface area contributed by atoms with E-state index in [-0.39, 0.29) is 5.75 Å². The van der Waals surface area contributed by atoms with E-state index in [1.165, 1.54) is 0 Å². The summed E-state index contributed by atoms with van der Waals surface area (Å²) in [5, 5.41) is 9.51. The Labute approximate surface area is 78.1 Å². The predicted octanol–water partition coefficient (Wildman–Crippen LogP) is 1.29. The third kappa shape index (κ3) is 2.36. The minimum atomic E-state index is 0.261. The molecule has 0 aliphatic rings. The molecule has 72 valence electrons. The normalized spacial score (nSPS) is 10.0. The Morgan fingerprint density at radius 3 is 2.85 bits per heavy atom. The average molecular weight is 181 g/mol. The van der Waals surface area contributed by atoms with Gasteiger partial charge in [0.25, 0.3) is 0 Å². The molecule has 0 saturated heterocycles. The molecule has 3 heteroatoms. The predicted molar refractivity (Wildman–Crippen MR) is 52.0 cm³/mol. The van der Waals surface area contributed by atoms with E-state index >= 15 is 0 Å². The lowest BCUT2D eigenvalue weighted by Crippen LogP contribution is -2.05. The number of phenolic OH excluding ortho intramolecular Hbond substituents is 1. The zero-order chi connectivity index (χ0) is 9.68. The largest absolute Gasteiger partial charge is 0.508 e. The van der Waals surface area contributed by atoms with Crippen LogP contribution in [0.5, 0.6) is 11.5 Å². The molecule has 0 fully saturated rings. The summed E-state index contributed by atoms with van der Waals surface area (Å²) in [5.74, 6) is 0.990. The topological polar surface area (TPSA) is 55.5 Å². The van der Waals surface area contributed by atoms with Gasteiger partial charge in [-0.3, -0.25) is 0 Å². The summed E-state index contributed by atoms with van der Waals surface area (Å²) in [6, 6.07) is 5.25. The molecule has 0 bridgehead atoms. The molecule has 0 aliphatic carbocycles. The first-order chi connectivity index (χ1) is 6.29. The van der Waals surface area contributed by atoms with Crippen molar-refractivity contribution in [3.05, 3.63) is 23.8 Å². The van der Waals surface area contributed by atoms with Gasteiger partial charge in [0, 0.05) is 5.56 Å². The Morgan fingerprint density at radius 1 is 1.46 bits per heavy atom. The van der Waals surface area contributed by atoms with E-state index in [9.17, 15) is 5.11 Å². The highest BCUT2D eigenvalue weighted by Gasteiger charge is 2.06. The second kappa shape index (κ2) is 4.72. The standard InChI is InChI=1S/C10H15NO2/c1-2-13-10-5-3-4-9(12)8(10)6-7-11/h3-5,12H,2,6-7,11H2,1H3. The maximum Gasteiger partial charge on any atom is 0.126 e. The van der Waals surface area contributed by atoms with Gasteiger partial charge in [0.15, 0.2) is 0 Å². The third-order valence-electron chi connectivity index (χ3n) is 1.80. The van der Waals surface area contributed by atoms with Crippen LogP contribution in [-0.2, 0) is 6.42 Å². The van der Waals surface area contributed by atoms with E-state index in [0.717, 1.165) is 11.3 Å². The van der Waals surface area contributed by atoms with Gasteiger partial charge in [0.1, 0.15) is 11.5 Å². The molecule has 0 aromatic heterocycles. The first-order valence-corrected chi connectivity index (χ1v) is 4.43. The molecule has 1 aromatic carbocycles. The van der Waals surface area contributed by atoms with Crippen molar-refractivity contribution in [2.75, 3.05) is 13.2 Å². The molecular formula is C10H15NO2. The summed E-state index contributed by atoms with van der Waals surface area (Å²) in [7, 11) is 0. The van der Waals surface area contributed by atoms with Crippen LogP contribution in [0.4, 0.5) is 0 Å². The molecular weight excluding hydrogens is 166 g/mol. The van der Waals surface area contributed by atoms with Crippen LogP contribution in [0.2, 0.25) is 0 Å². The number of rotatable bonds is 4. The lowest BCUT2D eigenvalue weighted by atomic mass is 10.1. The highest BCUT2D eigenvalue weighted by Crippen LogP contribution is 2.27. The summed E-state index contributed by atoms with van der Waals surface area (Å²) in [5.41, 5.74) is 6.23. The Bertz CT molecular complexity index is 274. The van der Waals surface area contributed by atoms with Gasteiger partial charge >= 0.3 is 0 Å². The van der Waals surface area contributed by atoms with E-state index in [1.807, 2.05) is 13.0 Å². The molecule has 0 amide bonds. The van der Waals surface area contributed by atoms with Crippen LogP contribution in [-0.4, -0.2) is 18.3 Å². The molecule has 1 aromatic rings. The van der Waals surface area contributed by atoms with E-state index in [0.29, 0.717) is 19.6 Å². The van der Waals surface area contributed by atoms with Gasteiger partial charge in [-0.2, -0.15) is 0 Å². The number of nitrogens with two attached hydrogens (primary N) is 1. The molecule has 3 nitrogen and oxygen atoms in total. The molecule has 13 heavy (non-hydrogen) atoms. The fraction of sp³-hybridized carbons (Fsp3) is 0.400. The van der Waals surface area contributed by atoms with Gasteiger partial charge in [0.05, 0.1) is 6.61 Å². The lowest BCUT2D eigenvalue weighted by molar-refractivity contribution is 0.333. The summed E-state index contributed by atoms with van der Waals surface area (Å²) in [6.45, 7) is 3.02. The zero-order valence-electron chi connectivity index (χ0n) is 7.79. The zero-order valence-corrected chi connectivity index (χ0v) is 7.79. The summed E-state index contributed by atoms with van der Waals surface area (Å²) < 4.78 is 5.35. The van der Waals surface area contributed by atoms with Crippen molar-refractivity contribution in [2.45, 2.75) is 13.3 Å². The number of ether oxygens (including phenoxy) is 1. The molecule has 0 spiro atoms. The molecule has 3 N–H and O–H groups in total.